The Morgan fingerprint density at radius 3 is 2.85 bits per heavy atom. The summed E-state index contributed by atoms with van der Waals surface area (Å²) in [6, 6.07) is 7.52. The molecule has 0 saturated heterocycles. The van der Waals surface area contributed by atoms with Crippen molar-refractivity contribution in [3.05, 3.63) is 29.3 Å². The highest BCUT2D eigenvalue weighted by Crippen LogP contribution is 2.15. The van der Waals surface area contributed by atoms with Gasteiger partial charge in [0.15, 0.2) is 5.11 Å². The summed E-state index contributed by atoms with van der Waals surface area (Å²) in [5.74, 6) is 0. The molecule has 0 amide bonds. The Morgan fingerprint density at radius 2 is 2.31 bits per heavy atom. The van der Waals surface area contributed by atoms with Gasteiger partial charge < -0.3 is 11.1 Å². The van der Waals surface area contributed by atoms with Gasteiger partial charge in [0.05, 0.1) is 11.3 Å². The van der Waals surface area contributed by atoms with Gasteiger partial charge in [0, 0.05) is 0 Å². The molecule has 1 aromatic rings. The Labute approximate surface area is 82.2 Å². The van der Waals surface area contributed by atoms with Crippen molar-refractivity contribution in [1.82, 2.24) is 0 Å². The van der Waals surface area contributed by atoms with Crippen LogP contribution in [-0.2, 0) is 0 Å². The topological polar surface area (TPSA) is 61.8 Å². The van der Waals surface area contributed by atoms with E-state index >= 15 is 0 Å². The van der Waals surface area contributed by atoms with Crippen molar-refractivity contribution in [2.75, 3.05) is 5.32 Å². The molecule has 0 radical (unpaired) electrons. The zero-order valence-corrected chi connectivity index (χ0v) is 7.98. The van der Waals surface area contributed by atoms with Crippen LogP contribution in [-0.4, -0.2) is 5.11 Å². The predicted molar refractivity (Wildman–Crippen MR) is 56.3 cm³/mol. The molecule has 3 nitrogen and oxygen atoms in total. The summed E-state index contributed by atoms with van der Waals surface area (Å²) in [5, 5.41) is 11.7. The fourth-order valence-electron chi connectivity index (χ4n) is 0.992. The fourth-order valence-corrected chi connectivity index (χ4v) is 1.10. The molecule has 0 aliphatic heterocycles. The lowest BCUT2D eigenvalue weighted by Crippen LogP contribution is -2.19. The lowest BCUT2D eigenvalue weighted by molar-refractivity contribution is 1.41. The lowest BCUT2D eigenvalue weighted by Gasteiger charge is -2.05. The van der Waals surface area contributed by atoms with Crippen LogP contribution in [0.3, 0.4) is 0 Å². The van der Waals surface area contributed by atoms with Gasteiger partial charge in [0.25, 0.3) is 0 Å². The first-order chi connectivity index (χ1) is 6.13. The van der Waals surface area contributed by atoms with E-state index in [-0.39, 0.29) is 5.11 Å². The fraction of sp³-hybridized carbons (Fsp3) is 0.111. The number of hydrogen-bond acceptors (Lipinski definition) is 2. The van der Waals surface area contributed by atoms with Gasteiger partial charge in [-0.05, 0) is 36.8 Å². The van der Waals surface area contributed by atoms with Crippen LogP contribution < -0.4 is 11.1 Å². The Hall–Kier alpha value is -1.60. The summed E-state index contributed by atoms with van der Waals surface area (Å²) in [5.41, 5.74) is 7.53. The van der Waals surface area contributed by atoms with Crippen LogP contribution in [0.4, 0.5) is 5.69 Å². The highest BCUT2D eigenvalue weighted by atomic mass is 32.1. The van der Waals surface area contributed by atoms with Crippen LogP contribution in [0, 0.1) is 18.3 Å². The number of anilines is 1. The second-order valence-electron chi connectivity index (χ2n) is 2.65. The minimum absolute atomic E-state index is 0.167. The maximum Gasteiger partial charge on any atom is 0.168 e. The number of nitrogens with two attached hydrogens (primary N) is 1. The van der Waals surface area contributed by atoms with Crippen molar-refractivity contribution in [1.29, 1.82) is 5.26 Å². The third kappa shape index (κ3) is 2.42. The second kappa shape index (κ2) is 3.87. The Kier molecular flexibility index (Phi) is 2.83. The van der Waals surface area contributed by atoms with Crippen LogP contribution in [0.25, 0.3) is 0 Å². The summed E-state index contributed by atoms with van der Waals surface area (Å²) in [7, 11) is 0. The van der Waals surface area contributed by atoms with E-state index in [0.29, 0.717) is 11.3 Å². The highest BCUT2D eigenvalue weighted by Gasteiger charge is 2.01. The number of hydrogen-bond donors (Lipinski definition) is 2. The molecule has 0 aromatic heterocycles. The molecule has 0 spiro atoms. The van der Waals surface area contributed by atoms with Gasteiger partial charge in [0.1, 0.15) is 6.07 Å². The van der Waals surface area contributed by atoms with Crippen molar-refractivity contribution < 1.29 is 0 Å². The van der Waals surface area contributed by atoms with Crippen molar-refractivity contribution in [2.24, 2.45) is 5.73 Å². The van der Waals surface area contributed by atoms with E-state index < -0.39 is 0 Å². The molecule has 0 aliphatic rings. The number of nitrogens with zero attached hydrogens (tertiary/aromatic N) is 1. The first-order valence-corrected chi connectivity index (χ1v) is 4.11. The monoisotopic (exact) mass is 191 g/mol. The molecule has 0 bridgehead atoms. The number of aryl methyl sites for hydroxylation is 1. The standard InChI is InChI=1S/C9H9N3S/c1-6-2-3-8(12-9(11)13)7(4-6)5-10/h2-4H,1H3,(H3,11,12,13). The third-order valence-corrected chi connectivity index (χ3v) is 1.66. The molecule has 1 rings (SSSR count). The van der Waals surface area contributed by atoms with E-state index in [2.05, 4.69) is 23.6 Å². The first-order valence-electron chi connectivity index (χ1n) is 3.70. The molecule has 0 aliphatic carbocycles. The molecule has 13 heavy (non-hydrogen) atoms. The number of rotatable bonds is 1. The normalized spacial score (nSPS) is 8.92. The van der Waals surface area contributed by atoms with Gasteiger partial charge in [-0.15, -0.1) is 0 Å². The molecule has 0 unspecified atom stereocenters. The smallest absolute Gasteiger partial charge is 0.168 e. The molecular formula is C9H9N3S. The predicted octanol–water partition coefficient (Wildman–Crippen LogP) is 1.52. The van der Waals surface area contributed by atoms with Crippen LogP contribution in [0.5, 0.6) is 0 Å². The van der Waals surface area contributed by atoms with E-state index in [1.54, 1.807) is 12.1 Å². The number of benzene rings is 1. The molecule has 0 fully saturated rings. The molecule has 0 saturated carbocycles. The van der Waals surface area contributed by atoms with Crippen LogP contribution in [0.2, 0.25) is 0 Å². The Bertz CT molecular complexity index is 379. The van der Waals surface area contributed by atoms with Crippen molar-refractivity contribution >= 4 is 23.0 Å². The van der Waals surface area contributed by atoms with Crippen molar-refractivity contribution in [2.45, 2.75) is 6.92 Å². The summed E-state index contributed by atoms with van der Waals surface area (Å²) in [6.45, 7) is 1.92. The SMILES string of the molecule is Cc1ccc(NC(N)=S)c(C#N)c1. The number of nitriles is 1. The van der Waals surface area contributed by atoms with Gasteiger partial charge in [-0.2, -0.15) is 5.26 Å². The van der Waals surface area contributed by atoms with E-state index in [9.17, 15) is 0 Å². The van der Waals surface area contributed by atoms with Gasteiger partial charge in [-0.3, -0.25) is 0 Å². The van der Waals surface area contributed by atoms with Gasteiger partial charge in [-0.25, -0.2) is 0 Å². The molecule has 4 heteroatoms. The quantitative estimate of drug-likeness (QED) is 0.661. The zero-order valence-electron chi connectivity index (χ0n) is 7.16. The van der Waals surface area contributed by atoms with Crippen molar-refractivity contribution in [3.63, 3.8) is 0 Å². The average molecular weight is 191 g/mol. The minimum Gasteiger partial charge on any atom is -0.376 e. The van der Waals surface area contributed by atoms with E-state index in [1.165, 1.54) is 0 Å². The van der Waals surface area contributed by atoms with Gasteiger partial charge >= 0.3 is 0 Å². The summed E-state index contributed by atoms with van der Waals surface area (Å²) < 4.78 is 0. The lowest BCUT2D eigenvalue weighted by atomic mass is 10.1. The molecule has 1 aromatic carbocycles. The summed E-state index contributed by atoms with van der Waals surface area (Å²) in [6.07, 6.45) is 0. The number of thiocarbonyl (C=S) groups is 1. The Balaban J connectivity index is 3.08. The molecular weight excluding hydrogens is 182 g/mol. The minimum atomic E-state index is 0.167. The summed E-state index contributed by atoms with van der Waals surface area (Å²) in [4.78, 5) is 0. The third-order valence-electron chi connectivity index (χ3n) is 1.55. The second-order valence-corrected chi connectivity index (χ2v) is 3.09. The van der Waals surface area contributed by atoms with Crippen molar-refractivity contribution in [3.8, 4) is 6.07 Å². The summed E-state index contributed by atoms with van der Waals surface area (Å²) >= 11 is 4.68. The van der Waals surface area contributed by atoms with Crippen LogP contribution >= 0.6 is 12.2 Å². The number of nitrogens with one attached hydrogen (secondary N) is 1. The highest BCUT2D eigenvalue weighted by molar-refractivity contribution is 7.80. The maximum absolute atomic E-state index is 8.78. The van der Waals surface area contributed by atoms with E-state index in [0.717, 1.165) is 5.56 Å². The molecule has 0 atom stereocenters. The molecule has 0 heterocycles. The van der Waals surface area contributed by atoms with E-state index in [1.807, 2.05) is 13.0 Å². The Morgan fingerprint density at radius 1 is 1.62 bits per heavy atom. The van der Waals surface area contributed by atoms with E-state index in [4.69, 9.17) is 11.0 Å². The molecule has 3 N–H and O–H groups in total. The zero-order chi connectivity index (χ0) is 9.84. The first kappa shape index (κ1) is 9.49. The largest absolute Gasteiger partial charge is 0.376 e. The molecule has 66 valence electrons. The van der Waals surface area contributed by atoms with Crippen LogP contribution in [0.15, 0.2) is 18.2 Å². The van der Waals surface area contributed by atoms with Gasteiger partial charge in [0.2, 0.25) is 0 Å². The van der Waals surface area contributed by atoms with Gasteiger partial charge in [-0.1, -0.05) is 6.07 Å². The van der Waals surface area contributed by atoms with Crippen LogP contribution in [0.1, 0.15) is 11.1 Å². The average Bonchev–Trinajstić information content (AvgIpc) is 2.07. The maximum atomic E-state index is 8.78.